The Kier molecular flexibility index (Phi) is 6.22. The third kappa shape index (κ3) is 5.03. The number of nitrogens with zero attached hydrogens (tertiary/aromatic N) is 2. The number of rotatable bonds is 6. The molecular weight excluding hydrogens is 425 g/mol. The quantitative estimate of drug-likeness (QED) is 0.737. The van der Waals surface area contributed by atoms with Gasteiger partial charge in [0.05, 0.1) is 10.5 Å². The Hall–Kier alpha value is -2.79. The monoisotopic (exact) mass is 444 g/mol. The lowest BCUT2D eigenvalue weighted by molar-refractivity contribution is -0.139. The third-order valence-corrected chi connectivity index (χ3v) is 6.50. The lowest BCUT2D eigenvalue weighted by Crippen LogP contribution is -2.48. The molecule has 1 saturated heterocycles. The molecule has 0 amide bonds. The van der Waals surface area contributed by atoms with Crippen LogP contribution < -0.4 is 9.64 Å². The van der Waals surface area contributed by atoms with Crippen LogP contribution in [0, 0.1) is 0 Å². The molecule has 0 spiro atoms. The van der Waals surface area contributed by atoms with Crippen molar-refractivity contribution in [1.82, 2.24) is 4.31 Å². The fourth-order valence-electron chi connectivity index (χ4n) is 3.07. The highest BCUT2D eigenvalue weighted by atomic mass is 32.2. The van der Waals surface area contributed by atoms with Crippen LogP contribution in [-0.4, -0.2) is 56.6 Å². The molecule has 0 radical (unpaired) electrons. The molecule has 1 aliphatic heterocycles. The van der Waals surface area contributed by atoms with Gasteiger partial charge in [0.1, 0.15) is 5.75 Å². The summed E-state index contributed by atoms with van der Waals surface area (Å²) in [5.74, 6) is -1.05. The lowest BCUT2D eigenvalue weighted by Gasteiger charge is -2.35. The number of anilines is 1. The second-order valence-corrected chi connectivity index (χ2v) is 8.53. The van der Waals surface area contributed by atoms with Crippen LogP contribution >= 0.6 is 0 Å². The molecule has 7 nitrogen and oxygen atoms in total. The molecule has 0 saturated carbocycles. The minimum absolute atomic E-state index is 0.0200. The van der Waals surface area contributed by atoms with E-state index in [-0.39, 0.29) is 23.7 Å². The summed E-state index contributed by atoms with van der Waals surface area (Å²) in [7, 11) is -3.82. The number of carbonyl (C=O) groups is 1. The topological polar surface area (TPSA) is 87.1 Å². The zero-order chi connectivity index (χ0) is 21.9. The molecule has 2 aromatic rings. The van der Waals surface area contributed by atoms with Crippen molar-refractivity contribution >= 4 is 21.7 Å². The molecule has 1 aliphatic rings. The summed E-state index contributed by atoms with van der Waals surface area (Å²) in [4.78, 5) is 12.4. The summed E-state index contributed by atoms with van der Waals surface area (Å²) in [6, 6.07) is 10.3. The summed E-state index contributed by atoms with van der Waals surface area (Å²) in [5.41, 5.74) is -0.151. The Morgan fingerprint density at radius 1 is 1.03 bits per heavy atom. The fraction of sp³-hybridized carbons (Fsp3) is 0.316. The predicted molar refractivity (Wildman–Crippen MR) is 102 cm³/mol. The maximum Gasteiger partial charge on any atom is 0.416 e. The maximum atomic E-state index is 12.9. The smallest absolute Gasteiger partial charge is 0.416 e. The molecule has 0 aliphatic carbocycles. The number of carboxylic acids is 1. The molecule has 2 aromatic carbocycles. The van der Waals surface area contributed by atoms with Gasteiger partial charge in [-0.25, -0.2) is 13.2 Å². The third-order valence-electron chi connectivity index (χ3n) is 4.60. The highest BCUT2D eigenvalue weighted by molar-refractivity contribution is 7.89. The van der Waals surface area contributed by atoms with Crippen LogP contribution in [0.5, 0.6) is 5.75 Å². The van der Waals surface area contributed by atoms with E-state index in [0.29, 0.717) is 18.8 Å². The van der Waals surface area contributed by atoms with Crippen LogP contribution in [0.4, 0.5) is 18.9 Å². The molecule has 11 heteroatoms. The summed E-state index contributed by atoms with van der Waals surface area (Å²) in [6.45, 7) is 0.363. The first-order chi connectivity index (χ1) is 14.1. The van der Waals surface area contributed by atoms with Crippen molar-refractivity contribution in [3.05, 3.63) is 54.1 Å². The number of hydrogen-bond acceptors (Lipinski definition) is 5. The van der Waals surface area contributed by atoms with Crippen molar-refractivity contribution in [2.75, 3.05) is 37.7 Å². The van der Waals surface area contributed by atoms with E-state index in [2.05, 4.69) is 0 Å². The number of benzene rings is 2. The molecule has 1 N–H and O–H groups in total. The van der Waals surface area contributed by atoms with Crippen molar-refractivity contribution in [2.45, 2.75) is 11.1 Å². The predicted octanol–water partition coefficient (Wildman–Crippen LogP) is 2.68. The number of alkyl halides is 3. The van der Waals surface area contributed by atoms with E-state index < -0.39 is 34.3 Å². The largest absolute Gasteiger partial charge is 0.482 e. The first-order valence-corrected chi connectivity index (χ1v) is 10.4. The van der Waals surface area contributed by atoms with Gasteiger partial charge in [-0.05, 0) is 36.4 Å². The fourth-order valence-corrected chi connectivity index (χ4v) is 4.52. The normalized spacial score (nSPS) is 15.8. The van der Waals surface area contributed by atoms with Gasteiger partial charge < -0.3 is 14.7 Å². The van der Waals surface area contributed by atoms with Crippen LogP contribution in [-0.2, 0) is 21.0 Å². The number of aliphatic carboxylic acids is 1. The highest BCUT2D eigenvalue weighted by Crippen LogP contribution is 2.31. The second kappa shape index (κ2) is 8.52. The average molecular weight is 444 g/mol. The van der Waals surface area contributed by atoms with Crippen molar-refractivity contribution < 1.29 is 36.2 Å². The minimum Gasteiger partial charge on any atom is -0.482 e. The summed E-state index contributed by atoms with van der Waals surface area (Å²) in [6.07, 6.45) is -4.41. The molecule has 0 atom stereocenters. The van der Waals surface area contributed by atoms with Crippen molar-refractivity contribution in [2.24, 2.45) is 0 Å². The molecule has 1 fully saturated rings. The molecule has 0 aromatic heterocycles. The molecule has 0 bridgehead atoms. The van der Waals surface area contributed by atoms with Crippen molar-refractivity contribution in [3.63, 3.8) is 0 Å². The number of sulfonamides is 1. The van der Waals surface area contributed by atoms with E-state index in [9.17, 15) is 26.4 Å². The van der Waals surface area contributed by atoms with E-state index >= 15 is 0 Å². The van der Waals surface area contributed by atoms with Gasteiger partial charge in [0.15, 0.2) is 6.61 Å². The summed E-state index contributed by atoms with van der Waals surface area (Å²) in [5, 5.41) is 8.67. The zero-order valence-electron chi connectivity index (χ0n) is 15.7. The van der Waals surface area contributed by atoms with Gasteiger partial charge in [0.2, 0.25) is 10.0 Å². The highest BCUT2D eigenvalue weighted by Gasteiger charge is 2.31. The SMILES string of the molecule is O=C(O)COc1cccc(S(=O)(=O)N2CCN(c3ccc(C(F)(F)F)cc3)CC2)c1. The Bertz CT molecular complexity index is 1000. The number of halogens is 3. The molecule has 162 valence electrons. The van der Waals surface area contributed by atoms with Crippen molar-refractivity contribution in [1.29, 1.82) is 0 Å². The first-order valence-electron chi connectivity index (χ1n) is 8.94. The van der Waals surface area contributed by atoms with Crippen LogP contribution in [0.1, 0.15) is 5.56 Å². The molecular formula is C19H19F3N2O5S. The second-order valence-electron chi connectivity index (χ2n) is 6.59. The lowest BCUT2D eigenvalue weighted by atomic mass is 10.2. The number of ether oxygens (including phenoxy) is 1. The molecule has 1 heterocycles. The number of carboxylic acid groups (broad SMARTS) is 1. The van der Waals surface area contributed by atoms with E-state index in [0.717, 1.165) is 12.1 Å². The van der Waals surface area contributed by atoms with Crippen LogP contribution in [0.3, 0.4) is 0 Å². The van der Waals surface area contributed by atoms with E-state index in [4.69, 9.17) is 9.84 Å². The van der Waals surface area contributed by atoms with Gasteiger partial charge in [-0.15, -0.1) is 0 Å². The molecule has 30 heavy (non-hydrogen) atoms. The zero-order valence-corrected chi connectivity index (χ0v) is 16.5. The van der Waals surface area contributed by atoms with E-state index in [1.807, 2.05) is 4.90 Å². The summed E-state index contributed by atoms with van der Waals surface area (Å²) < 4.78 is 70.2. The van der Waals surface area contributed by atoms with Gasteiger partial charge in [-0.1, -0.05) is 6.07 Å². The maximum absolute atomic E-state index is 12.9. The van der Waals surface area contributed by atoms with Gasteiger partial charge in [0.25, 0.3) is 0 Å². The number of hydrogen-bond donors (Lipinski definition) is 1. The van der Waals surface area contributed by atoms with Crippen LogP contribution in [0.15, 0.2) is 53.4 Å². The summed E-state index contributed by atoms with van der Waals surface area (Å²) >= 11 is 0. The van der Waals surface area contributed by atoms with E-state index in [1.165, 1.54) is 40.7 Å². The van der Waals surface area contributed by atoms with Gasteiger partial charge in [0, 0.05) is 37.9 Å². The first kappa shape index (κ1) is 21.9. The van der Waals surface area contributed by atoms with Crippen LogP contribution in [0.25, 0.3) is 0 Å². The van der Waals surface area contributed by atoms with Crippen LogP contribution in [0.2, 0.25) is 0 Å². The Labute approximate surface area is 171 Å². The van der Waals surface area contributed by atoms with Crippen molar-refractivity contribution in [3.8, 4) is 5.75 Å². The van der Waals surface area contributed by atoms with Gasteiger partial charge in [-0.3, -0.25) is 0 Å². The Morgan fingerprint density at radius 3 is 2.23 bits per heavy atom. The standard InChI is InChI=1S/C19H19F3N2O5S/c20-19(21,22)14-4-6-15(7-5-14)23-8-10-24(11-9-23)30(27,28)17-3-1-2-16(12-17)29-13-18(25)26/h1-7,12H,8-11,13H2,(H,25,26). The van der Waals surface area contributed by atoms with Gasteiger partial charge >= 0.3 is 12.1 Å². The van der Waals surface area contributed by atoms with Gasteiger partial charge in [-0.2, -0.15) is 17.5 Å². The Balaban J connectivity index is 1.66. The molecule has 3 rings (SSSR count). The van der Waals surface area contributed by atoms with E-state index in [1.54, 1.807) is 0 Å². The average Bonchev–Trinajstić information content (AvgIpc) is 2.72. The number of piperazine rings is 1. The molecule has 0 unspecified atom stereocenters. The Morgan fingerprint density at radius 2 is 1.67 bits per heavy atom. The minimum atomic E-state index is -4.41.